The molecule has 0 saturated carbocycles. The van der Waals surface area contributed by atoms with Crippen LogP contribution in [0, 0.1) is 5.92 Å². The summed E-state index contributed by atoms with van der Waals surface area (Å²) in [5.41, 5.74) is -0.601. The molecule has 0 saturated heterocycles. The van der Waals surface area contributed by atoms with Crippen molar-refractivity contribution in [3.63, 3.8) is 0 Å². The fourth-order valence-electron chi connectivity index (χ4n) is 3.50. The van der Waals surface area contributed by atoms with E-state index in [1.54, 1.807) is 13.8 Å². The maximum atomic E-state index is 13.4. The van der Waals surface area contributed by atoms with Gasteiger partial charge in [-0.15, -0.1) is 0 Å². The molecule has 3 aromatic rings. The maximum absolute atomic E-state index is 13.4. The first-order chi connectivity index (χ1) is 16.0. The van der Waals surface area contributed by atoms with Gasteiger partial charge in [0.25, 0.3) is 0 Å². The van der Waals surface area contributed by atoms with Gasteiger partial charge in [-0.25, -0.2) is 0 Å². The number of aromatic hydroxyl groups is 3. The van der Waals surface area contributed by atoms with E-state index in [4.69, 9.17) is 18.6 Å². The largest absolute Gasteiger partial charge is 0.508 e. The van der Waals surface area contributed by atoms with Gasteiger partial charge in [-0.05, 0) is 30.2 Å². The average molecular weight is 474 g/mol. The van der Waals surface area contributed by atoms with Crippen LogP contribution in [-0.2, 0) is 14.3 Å². The second-order valence-corrected chi connectivity index (χ2v) is 8.00. The summed E-state index contributed by atoms with van der Waals surface area (Å²) in [6.45, 7) is 4.64. The fraction of sp³-hybridized carbons (Fsp3) is 0.333. The zero-order valence-corrected chi connectivity index (χ0v) is 19.0. The van der Waals surface area contributed by atoms with E-state index < -0.39 is 41.4 Å². The summed E-state index contributed by atoms with van der Waals surface area (Å²) < 4.78 is 22.1. The SMILES string of the molecule is COC(Oc1c(-c2ccc(O)cc2)oc2cc(O)cc(O)c2c1=O)C(O)C(OC(C)=O)C(C)C. The molecule has 182 valence electrons. The summed E-state index contributed by atoms with van der Waals surface area (Å²) in [5, 5.41) is 40.3. The van der Waals surface area contributed by atoms with Crippen molar-refractivity contribution in [2.45, 2.75) is 39.3 Å². The molecule has 0 radical (unpaired) electrons. The standard InChI is InChI=1S/C24H26O10/c1-11(2)21(32-12(3)25)20(30)24(31-4)34-23-19(29)18-16(28)9-15(27)10-17(18)33-22(23)13-5-7-14(26)8-6-13/h5-11,20-21,24,26-28,30H,1-4H3. The lowest BCUT2D eigenvalue weighted by Crippen LogP contribution is -2.47. The van der Waals surface area contributed by atoms with Crippen molar-refractivity contribution in [2.75, 3.05) is 7.11 Å². The van der Waals surface area contributed by atoms with E-state index >= 15 is 0 Å². The Morgan fingerprint density at radius 2 is 1.68 bits per heavy atom. The van der Waals surface area contributed by atoms with Crippen molar-refractivity contribution in [3.05, 3.63) is 46.6 Å². The highest BCUT2D eigenvalue weighted by molar-refractivity contribution is 5.88. The third-order valence-corrected chi connectivity index (χ3v) is 5.09. The minimum atomic E-state index is -1.50. The Hall–Kier alpha value is -3.76. The van der Waals surface area contributed by atoms with Gasteiger partial charge >= 0.3 is 5.97 Å². The van der Waals surface area contributed by atoms with Crippen LogP contribution in [0.1, 0.15) is 20.8 Å². The van der Waals surface area contributed by atoms with Crippen LogP contribution in [0.2, 0.25) is 0 Å². The van der Waals surface area contributed by atoms with Crippen LogP contribution in [0.15, 0.2) is 45.6 Å². The van der Waals surface area contributed by atoms with Crippen LogP contribution in [0.25, 0.3) is 22.3 Å². The van der Waals surface area contributed by atoms with Crippen LogP contribution in [0.4, 0.5) is 0 Å². The third kappa shape index (κ3) is 5.08. The van der Waals surface area contributed by atoms with Crippen LogP contribution in [0.3, 0.4) is 0 Å². The lowest BCUT2D eigenvalue weighted by Gasteiger charge is -2.31. The number of rotatable bonds is 8. The molecule has 0 fully saturated rings. The van der Waals surface area contributed by atoms with Gasteiger partial charge in [-0.1, -0.05) is 13.8 Å². The van der Waals surface area contributed by atoms with E-state index in [-0.39, 0.29) is 34.1 Å². The first-order valence-electron chi connectivity index (χ1n) is 10.4. The zero-order chi connectivity index (χ0) is 25.2. The molecule has 0 aliphatic rings. The molecule has 0 aliphatic heterocycles. The zero-order valence-electron chi connectivity index (χ0n) is 19.0. The molecule has 2 aromatic carbocycles. The second kappa shape index (κ2) is 10.0. The number of phenols is 3. The van der Waals surface area contributed by atoms with Crippen molar-refractivity contribution in [3.8, 4) is 34.3 Å². The first kappa shape index (κ1) is 24.9. The fourth-order valence-corrected chi connectivity index (χ4v) is 3.50. The Bertz CT molecular complexity index is 1230. The Labute approximate surface area is 194 Å². The van der Waals surface area contributed by atoms with Gasteiger partial charge in [0.05, 0.1) is 0 Å². The van der Waals surface area contributed by atoms with Crippen LogP contribution >= 0.6 is 0 Å². The van der Waals surface area contributed by atoms with E-state index in [1.807, 2.05) is 0 Å². The molecule has 10 nitrogen and oxygen atoms in total. The highest BCUT2D eigenvalue weighted by Crippen LogP contribution is 2.37. The Morgan fingerprint density at radius 3 is 2.24 bits per heavy atom. The number of benzene rings is 2. The number of carbonyl (C=O) groups is 1. The molecule has 0 aliphatic carbocycles. The minimum absolute atomic E-state index is 0.0315. The summed E-state index contributed by atoms with van der Waals surface area (Å²) in [7, 11) is 1.23. The van der Waals surface area contributed by atoms with Gasteiger partial charge in [0.1, 0.15) is 34.3 Å². The Kier molecular flexibility index (Phi) is 7.33. The van der Waals surface area contributed by atoms with E-state index in [0.717, 1.165) is 12.1 Å². The summed E-state index contributed by atoms with van der Waals surface area (Å²) >= 11 is 0. The van der Waals surface area contributed by atoms with Gasteiger partial charge in [-0.2, -0.15) is 0 Å². The topological polar surface area (TPSA) is 156 Å². The molecular weight excluding hydrogens is 448 g/mol. The predicted molar refractivity (Wildman–Crippen MR) is 121 cm³/mol. The number of hydrogen-bond donors (Lipinski definition) is 4. The van der Waals surface area contributed by atoms with E-state index in [2.05, 4.69) is 0 Å². The van der Waals surface area contributed by atoms with Gasteiger partial charge < -0.3 is 39.1 Å². The summed E-state index contributed by atoms with van der Waals surface area (Å²) in [6, 6.07) is 7.78. The molecule has 1 aromatic heterocycles. The maximum Gasteiger partial charge on any atom is 0.303 e. The molecule has 1 heterocycles. The van der Waals surface area contributed by atoms with Crippen molar-refractivity contribution < 1.29 is 43.8 Å². The quantitative estimate of drug-likeness (QED) is 0.283. The normalized spacial score (nSPS) is 14.1. The summed E-state index contributed by atoms with van der Waals surface area (Å²) in [5.74, 6) is -2.36. The monoisotopic (exact) mass is 474 g/mol. The van der Waals surface area contributed by atoms with Gasteiger partial charge in [0.15, 0.2) is 11.9 Å². The molecule has 0 bridgehead atoms. The molecule has 10 heteroatoms. The lowest BCUT2D eigenvalue weighted by atomic mass is 10.0. The number of methoxy groups -OCH3 is 1. The van der Waals surface area contributed by atoms with Gasteiger partial charge in [-0.3, -0.25) is 9.59 Å². The molecule has 3 rings (SSSR count). The smallest absolute Gasteiger partial charge is 0.303 e. The summed E-state index contributed by atoms with van der Waals surface area (Å²) in [6.07, 6.45) is -3.98. The van der Waals surface area contributed by atoms with Gasteiger partial charge in [0, 0.05) is 31.7 Å². The number of aliphatic hydroxyl groups is 1. The number of ether oxygens (including phenoxy) is 3. The number of phenolic OH excluding ortho intramolecular Hbond substituents is 3. The predicted octanol–water partition coefficient (Wildman–Crippen LogP) is 2.88. The van der Waals surface area contributed by atoms with Crippen molar-refractivity contribution in [2.24, 2.45) is 5.92 Å². The second-order valence-electron chi connectivity index (χ2n) is 8.00. The van der Waals surface area contributed by atoms with Gasteiger partial charge in [0.2, 0.25) is 17.5 Å². The third-order valence-electron chi connectivity index (χ3n) is 5.09. The number of hydrogen-bond acceptors (Lipinski definition) is 10. The highest BCUT2D eigenvalue weighted by Gasteiger charge is 2.36. The number of aliphatic hydroxyl groups excluding tert-OH is 1. The number of carbonyl (C=O) groups excluding carboxylic acids is 1. The molecule has 3 atom stereocenters. The van der Waals surface area contributed by atoms with Crippen LogP contribution in [0.5, 0.6) is 23.0 Å². The van der Waals surface area contributed by atoms with Crippen molar-refractivity contribution in [1.29, 1.82) is 0 Å². The molecule has 4 N–H and O–H groups in total. The lowest BCUT2D eigenvalue weighted by molar-refractivity contribution is -0.188. The number of esters is 1. The highest BCUT2D eigenvalue weighted by atomic mass is 16.7. The molecule has 0 spiro atoms. The summed E-state index contributed by atoms with van der Waals surface area (Å²) in [4.78, 5) is 24.9. The van der Waals surface area contributed by atoms with Crippen molar-refractivity contribution in [1.82, 2.24) is 0 Å². The van der Waals surface area contributed by atoms with E-state index in [9.17, 15) is 30.0 Å². The van der Waals surface area contributed by atoms with Crippen LogP contribution < -0.4 is 10.2 Å². The Balaban J connectivity index is 2.18. The minimum Gasteiger partial charge on any atom is -0.508 e. The molecular formula is C24H26O10. The molecule has 34 heavy (non-hydrogen) atoms. The first-order valence-corrected chi connectivity index (χ1v) is 10.4. The van der Waals surface area contributed by atoms with Crippen LogP contribution in [-0.4, -0.2) is 52.0 Å². The van der Waals surface area contributed by atoms with E-state index in [1.165, 1.54) is 38.3 Å². The van der Waals surface area contributed by atoms with E-state index in [0.29, 0.717) is 5.56 Å². The molecule has 3 unspecified atom stereocenters. The van der Waals surface area contributed by atoms with Crippen molar-refractivity contribution >= 4 is 16.9 Å². The Morgan fingerprint density at radius 1 is 1.03 bits per heavy atom. The average Bonchev–Trinajstić information content (AvgIpc) is 2.76. The number of fused-ring (bicyclic) bond motifs is 1. The molecule has 0 amide bonds.